The average molecular weight is 269 g/mol. The largest absolute Gasteiger partial charge is 0.302 e. The van der Waals surface area contributed by atoms with E-state index in [0.29, 0.717) is 0 Å². The number of nitrogens with one attached hydrogen (secondary N) is 1. The van der Waals surface area contributed by atoms with Crippen molar-refractivity contribution in [2.75, 3.05) is 0 Å². The number of aryl methyl sites for hydroxylation is 1. The van der Waals surface area contributed by atoms with Crippen LogP contribution in [0.5, 0.6) is 0 Å². The molecule has 1 N–H and O–H groups in total. The van der Waals surface area contributed by atoms with Gasteiger partial charge in [0.05, 0.1) is 11.3 Å². The molecule has 20 heavy (non-hydrogen) atoms. The van der Waals surface area contributed by atoms with Gasteiger partial charge in [0.1, 0.15) is 0 Å². The quantitative estimate of drug-likeness (QED) is 0.372. The summed E-state index contributed by atoms with van der Waals surface area (Å²) < 4.78 is 0. The Labute approximate surface area is 119 Å². The van der Waals surface area contributed by atoms with E-state index < -0.39 is 11.6 Å². The van der Waals surface area contributed by atoms with Crippen LogP contribution in [0.1, 0.15) is 31.9 Å². The molecule has 0 atom stereocenters. The molecule has 0 fully saturated rings. The first-order chi connectivity index (χ1) is 9.36. The molecule has 0 saturated carbocycles. The average Bonchev–Trinajstić information content (AvgIpc) is 2.43. The molecule has 0 heterocycles. The van der Waals surface area contributed by atoms with Crippen molar-refractivity contribution in [3.8, 4) is 0 Å². The number of Topliss-reactive ketones (excluding diaryl/α,β-unsaturated/α-hetero) is 2. The molecule has 0 aliphatic carbocycles. The van der Waals surface area contributed by atoms with E-state index in [4.69, 9.17) is 5.41 Å². The summed E-state index contributed by atoms with van der Waals surface area (Å²) in [6, 6.07) is 7.63. The number of hydrogen-bond donors (Lipinski definition) is 1. The number of hydrogen-bond acceptors (Lipinski definition) is 3. The first-order valence-corrected chi connectivity index (χ1v) is 6.47. The first kappa shape index (κ1) is 15.8. The SMILES string of the molecule is C=C(C)C(=O)/C(=C/c1ccc(CC)cc1)C(=O)C(C)=N. The predicted molar refractivity (Wildman–Crippen MR) is 82.0 cm³/mol. The van der Waals surface area contributed by atoms with Crippen LogP contribution in [-0.2, 0) is 16.0 Å². The fourth-order valence-corrected chi connectivity index (χ4v) is 1.68. The monoisotopic (exact) mass is 269 g/mol. The molecule has 3 heteroatoms. The summed E-state index contributed by atoms with van der Waals surface area (Å²) in [5, 5.41) is 7.42. The Morgan fingerprint density at radius 3 is 2.10 bits per heavy atom. The molecule has 0 radical (unpaired) electrons. The van der Waals surface area contributed by atoms with Gasteiger partial charge < -0.3 is 5.41 Å². The predicted octanol–water partition coefficient (Wildman–Crippen LogP) is 3.39. The number of benzene rings is 1. The van der Waals surface area contributed by atoms with E-state index in [-0.39, 0.29) is 16.9 Å². The Morgan fingerprint density at radius 2 is 1.70 bits per heavy atom. The summed E-state index contributed by atoms with van der Waals surface area (Å²) in [6.07, 6.45) is 2.46. The topological polar surface area (TPSA) is 58.0 Å². The molecule has 0 bridgehead atoms. The smallest absolute Gasteiger partial charge is 0.210 e. The molecule has 0 spiro atoms. The third-order valence-corrected chi connectivity index (χ3v) is 2.92. The van der Waals surface area contributed by atoms with Gasteiger partial charge in [0.25, 0.3) is 0 Å². The normalized spacial score (nSPS) is 11.1. The van der Waals surface area contributed by atoms with E-state index >= 15 is 0 Å². The third kappa shape index (κ3) is 3.85. The highest BCUT2D eigenvalue weighted by Crippen LogP contribution is 2.14. The van der Waals surface area contributed by atoms with Crippen molar-refractivity contribution in [3.63, 3.8) is 0 Å². The summed E-state index contributed by atoms with van der Waals surface area (Å²) in [5.74, 6) is -0.973. The van der Waals surface area contributed by atoms with Gasteiger partial charge in [0.2, 0.25) is 5.78 Å². The highest BCUT2D eigenvalue weighted by Gasteiger charge is 2.20. The standard InChI is InChI=1S/C17H19NO2/c1-5-13-6-8-14(9-7-13)10-15(16(19)11(2)3)17(20)12(4)18/h6-10,18H,2,5H2,1,3-4H3/b15-10-,18-12?. The molecular formula is C17H19NO2. The Balaban J connectivity index is 3.24. The lowest BCUT2D eigenvalue weighted by atomic mass is 9.96. The minimum Gasteiger partial charge on any atom is -0.302 e. The number of rotatable bonds is 6. The highest BCUT2D eigenvalue weighted by molar-refractivity contribution is 6.52. The van der Waals surface area contributed by atoms with Crippen molar-refractivity contribution in [1.29, 1.82) is 5.41 Å². The number of ketones is 2. The lowest BCUT2D eigenvalue weighted by Crippen LogP contribution is -2.19. The van der Waals surface area contributed by atoms with Crippen molar-refractivity contribution in [1.82, 2.24) is 0 Å². The van der Waals surface area contributed by atoms with Crippen LogP contribution in [0, 0.1) is 5.41 Å². The van der Waals surface area contributed by atoms with Gasteiger partial charge in [-0.2, -0.15) is 0 Å². The van der Waals surface area contributed by atoms with Gasteiger partial charge in [0, 0.05) is 0 Å². The van der Waals surface area contributed by atoms with Crippen LogP contribution in [0.15, 0.2) is 42.0 Å². The molecule has 1 rings (SSSR count). The van der Waals surface area contributed by atoms with Crippen LogP contribution in [-0.4, -0.2) is 17.3 Å². The van der Waals surface area contributed by atoms with Crippen LogP contribution < -0.4 is 0 Å². The molecular weight excluding hydrogens is 250 g/mol. The van der Waals surface area contributed by atoms with Gasteiger partial charge >= 0.3 is 0 Å². The maximum Gasteiger partial charge on any atom is 0.210 e. The summed E-state index contributed by atoms with van der Waals surface area (Å²) in [7, 11) is 0. The number of carbonyl (C=O) groups is 2. The molecule has 0 saturated heterocycles. The van der Waals surface area contributed by atoms with Gasteiger partial charge in [-0.25, -0.2) is 0 Å². The summed E-state index contributed by atoms with van der Waals surface area (Å²) in [6.45, 7) is 8.57. The maximum atomic E-state index is 12.0. The molecule has 0 aliphatic heterocycles. The molecule has 1 aromatic rings. The van der Waals surface area contributed by atoms with Gasteiger partial charge in [-0.1, -0.05) is 37.8 Å². The van der Waals surface area contributed by atoms with Crippen LogP contribution in [0.2, 0.25) is 0 Å². The second kappa shape index (κ2) is 6.75. The first-order valence-electron chi connectivity index (χ1n) is 6.47. The fourth-order valence-electron chi connectivity index (χ4n) is 1.68. The zero-order chi connectivity index (χ0) is 15.3. The lowest BCUT2D eigenvalue weighted by Gasteiger charge is -2.05. The van der Waals surface area contributed by atoms with E-state index in [1.54, 1.807) is 6.92 Å². The lowest BCUT2D eigenvalue weighted by molar-refractivity contribution is -0.116. The molecule has 0 amide bonds. The highest BCUT2D eigenvalue weighted by atomic mass is 16.1. The molecule has 0 unspecified atom stereocenters. The van der Waals surface area contributed by atoms with Crippen molar-refractivity contribution < 1.29 is 9.59 Å². The van der Waals surface area contributed by atoms with Crippen LogP contribution >= 0.6 is 0 Å². The number of carbonyl (C=O) groups excluding carboxylic acids is 2. The third-order valence-electron chi connectivity index (χ3n) is 2.92. The Morgan fingerprint density at radius 1 is 1.15 bits per heavy atom. The van der Waals surface area contributed by atoms with E-state index in [1.807, 2.05) is 24.3 Å². The summed E-state index contributed by atoms with van der Waals surface area (Å²) in [5.41, 5.74) is 2.08. The Kier molecular flexibility index (Phi) is 5.32. The van der Waals surface area contributed by atoms with E-state index in [9.17, 15) is 9.59 Å². The summed E-state index contributed by atoms with van der Waals surface area (Å²) >= 11 is 0. The minimum absolute atomic E-state index is 0.00533. The second-order valence-corrected chi connectivity index (χ2v) is 4.72. The summed E-state index contributed by atoms with van der Waals surface area (Å²) in [4.78, 5) is 24.0. The Hall–Kier alpha value is -2.29. The van der Waals surface area contributed by atoms with Crippen molar-refractivity contribution >= 4 is 23.4 Å². The van der Waals surface area contributed by atoms with E-state index in [2.05, 4.69) is 13.5 Å². The zero-order valence-electron chi connectivity index (χ0n) is 12.1. The van der Waals surface area contributed by atoms with Crippen molar-refractivity contribution in [3.05, 3.63) is 53.1 Å². The van der Waals surface area contributed by atoms with Gasteiger partial charge in [-0.05, 0) is 43.0 Å². The van der Waals surface area contributed by atoms with E-state index in [1.165, 1.54) is 18.6 Å². The van der Waals surface area contributed by atoms with Crippen LogP contribution in [0.25, 0.3) is 6.08 Å². The minimum atomic E-state index is -0.558. The zero-order valence-corrected chi connectivity index (χ0v) is 12.1. The molecule has 0 aromatic heterocycles. The molecule has 3 nitrogen and oxygen atoms in total. The Bertz CT molecular complexity index is 564. The van der Waals surface area contributed by atoms with Crippen LogP contribution in [0.3, 0.4) is 0 Å². The molecule has 0 aliphatic rings. The fraction of sp³-hybridized carbons (Fsp3) is 0.235. The van der Waals surface area contributed by atoms with Gasteiger partial charge in [0.15, 0.2) is 5.78 Å². The van der Waals surface area contributed by atoms with Crippen molar-refractivity contribution in [2.45, 2.75) is 27.2 Å². The van der Waals surface area contributed by atoms with Gasteiger partial charge in [-0.3, -0.25) is 9.59 Å². The van der Waals surface area contributed by atoms with Crippen molar-refractivity contribution in [2.24, 2.45) is 0 Å². The molecule has 104 valence electrons. The second-order valence-electron chi connectivity index (χ2n) is 4.72. The van der Waals surface area contributed by atoms with Crippen LogP contribution in [0.4, 0.5) is 0 Å². The van der Waals surface area contributed by atoms with Gasteiger partial charge in [-0.15, -0.1) is 0 Å². The molecule has 1 aromatic carbocycles. The number of allylic oxidation sites excluding steroid dienone is 2. The maximum absolute atomic E-state index is 12.0. The van der Waals surface area contributed by atoms with E-state index in [0.717, 1.165) is 12.0 Å².